The molecule has 0 saturated heterocycles. The van der Waals surface area contributed by atoms with Crippen LogP contribution >= 0.6 is 0 Å². The molecule has 0 heterocycles. The Morgan fingerprint density at radius 3 is 2.50 bits per heavy atom. The zero-order valence-electron chi connectivity index (χ0n) is 12.2. The van der Waals surface area contributed by atoms with Crippen molar-refractivity contribution < 1.29 is 9.90 Å². The first-order valence-corrected chi connectivity index (χ1v) is 6.66. The van der Waals surface area contributed by atoms with Crippen LogP contribution < -0.4 is 10.6 Å². The molecule has 0 aliphatic carbocycles. The van der Waals surface area contributed by atoms with Gasteiger partial charge in [-0.3, -0.25) is 0 Å². The lowest BCUT2D eigenvalue weighted by Crippen LogP contribution is -2.42. The predicted molar refractivity (Wildman–Crippen MR) is 80.3 cm³/mol. The van der Waals surface area contributed by atoms with Gasteiger partial charge in [0.05, 0.1) is 6.10 Å². The van der Waals surface area contributed by atoms with Crippen LogP contribution in [0.15, 0.2) is 18.2 Å². The predicted octanol–water partition coefficient (Wildman–Crippen LogP) is 2.05. The molecule has 2 amide bonds. The second-order valence-electron chi connectivity index (χ2n) is 5.10. The molecule has 1 aromatic rings. The molecule has 0 bridgehead atoms. The molecule has 1 rings (SSSR count). The maximum absolute atomic E-state index is 11.6. The fraction of sp³-hybridized carbons (Fsp3) is 0.438. The fourth-order valence-corrected chi connectivity index (χ4v) is 2.01. The summed E-state index contributed by atoms with van der Waals surface area (Å²) in [5, 5.41) is 15.4. The number of carbonyl (C=O) groups excluding carboxylic acids is 1. The number of benzene rings is 1. The number of amides is 2. The van der Waals surface area contributed by atoms with Crippen LogP contribution in [-0.2, 0) is 0 Å². The van der Waals surface area contributed by atoms with Crippen molar-refractivity contribution in [1.29, 1.82) is 0 Å². The summed E-state index contributed by atoms with van der Waals surface area (Å²) in [5.41, 5.74) is 2.98. The van der Waals surface area contributed by atoms with Crippen molar-refractivity contribution in [3.05, 3.63) is 34.9 Å². The molecule has 0 saturated carbocycles. The second-order valence-corrected chi connectivity index (χ2v) is 5.10. The van der Waals surface area contributed by atoms with Crippen LogP contribution in [0, 0.1) is 26.2 Å². The van der Waals surface area contributed by atoms with Crippen LogP contribution in [0.4, 0.5) is 4.79 Å². The summed E-state index contributed by atoms with van der Waals surface area (Å²) in [4.78, 5) is 11.6. The van der Waals surface area contributed by atoms with E-state index in [4.69, 9.17) is 6.42 Å². The van der Waals surface area contributed by atoms with E-state index in [0.717, 1.165) is 16.7 Å². The molecule has 108 valence electrons. The number of rotatable bonds is 5. The summed E-state index contributed by atoms with van der Waals surface area (Å²) in [6, 6.07) is 5.46. The van der Waals surface area contributed by atoms with Gasteiger partial charge < -0.3 is 15.7 Å². The fourth-order valence-electron chi connectivity index (χ4n) is 2.01. The van der Waals surface area contributed by atoms with E-state index in [1.165, 1.54) is 0 Å². The Kier molecular flexibility index (Phi) is 6.08. The number of aryl methyl sites for hydroxylation is 2. The zero-order valence-corrected chi connectivity index (χ0v) is 12.2. The minimum Gasteiger partial charge on any atom is -0.387 e. The average molecular weight is 274 g/mol. The lowest BCUT2D eigenvalue weighted by atomic mass is 10.0. The lowest BCUT2D eigenvalue weighted by Gasteiger charge is -2.16. The van der Waals surface area contributed by atoms with Crippen LogP contribution in [0.5, 0.6) is 0 Å². The van der Waals surface area contributed by atoms with Gasteiger partial charge in [0.25, 0.3) is 0 Å². The molecule has 2 atom stereocenters. The summed E-state index contributed by atoms with van der Waals surface area (Å²) in [6.07, 6.45) is 4.93. The van der Waals surface area contributed by atoms with Crippen LogP contribution in [-0.4, -0.2) is 23.7 Å². The number of urea groups is 1. The SMILES string of the molecule is C#CC[C@@H](C)NC(=O)NC[C@H](O)c1cc(C)cc(C)c1. The van der Waals surface area contributed by atoms with Crippen molar-refractivity contribution in [2.75, 3.05) is 6.54 Å². The van der Waals surface area contributed by atoms with Crippen molar-refractivity contribution in [2.24, 2.45) is 0 Å². The van der Waals surface area contributed by atoms with E-state index in [0.29, 0.717) is 6.42 Å². The summed E-state index contributed by atoms with van der Waals surface area (Å²) in [6.45, 7) is 5.95. The van der Waals surface area contributed by atoms with Crippen molar-refractivity contribution in [3.8, 4) is 12.3 Å². The molecule has 0 unspecified atom stereocenters. The Bertz CT molecular complexity index is 485. The number of nitrogens with one attached hydrogen (secondary N) is 2. The first kappa shape index (κ1) is 16.1. The number of hydrogen-bond acceptors (Lipinski definition) is 2. The van der Waals surface area contributed by atoms with Crippen LogP contribution in [0.3, 0.4) is 0 Å². The van der Waals surface area contributed by atoms with E-state index in [1.54, 1.807) is 0 Å². The molecular formula is C16H22N2O2. The molecule has 1 aromatic carbocycles. The maximum Gasteiger partial charge on any atom is 0.315 e. The molecule has 20 heavy (non-hydrogen) atoms. The standard InChI is InChI=1S/C16H22N2O2/c1-5-6-13(4)18-16(20)17-10-15(19)14-8-11(2)7-12(3)9-14/h1,7-9,13,15,19H,6,10H2,2-4H3,(H2,17,18,20)/t13-,15+/m1/s1. The molecule has 0 aliphatic rings. The number of terminal acetylenes is 1. The quantitative estimate of drug-likeness (QED) is 0.720. The molecule has 0 fully saturated rings. The van der Waals surface area contributed by atoms with Crippen molar-refractivity contribution in [1.82, 2.24) is 10.6 Å². The van der Waals surface area contributed by atoms with E-state index in [-0.39, 0.29) is 18.6 Å². The molecule has 4 nitrogen and oxygen atoms in total. The molecule has 0 aliphatic heterocycles. The van der Waals surface area contributed by atoms with Gasteiger partial charge in [0, 0.05) is 19.0 Å². The van der Waals surface area contributed by atoms with Gasteiger partial charge in [0.1, 0.15) is 0 Å². The normalized spacial score (nSPS) is 13.2. The van der Waals surface area contributed by atoms with Gasteiger partial charge in [0.15, 0.2) is 0 Å². The first-order chi connectivity index (χ1) is 9.42. The molecule has 0 radical (unpaired) electrons. The smallest absolute Gasteiger partial charge is 0.315 e. The highest BCUT2D eigenvalue weighted by Gasteiger charge is 2.11. The summed E-state index contributed by atoms with van der Waals surface area (Å²) in [5.74, 6) is 2.48. The van der Waals surface area contributed by atoms with E-state index >= 15 is 0 Å². The summed E-state index contributed by atoms with van der Waals surface area (Å²) >= 11 is 0. The number of hydrogen-bond donors (Lipinski definition) is 3. The van der Waals surface area contributed by atoms with E-state index in [9.17, 15) is 9.90 Å². The van der Waals surface area contributed by atoms with Gasteiger partial charge in [-0.2, -0.15) is 0 Å². The Morgan fingerprint density at radius 1 is 1.35 bits per heavy atom. The largest absolute Gasteiger partial charge is 0.387 e. The van der Waals surface area contributed by atoms with Gasteiger partial charge in [-0.05, 0) is 26.3 Å². The van der Waals surface area contributed by atoms with Crippen molar-refractivity contribution >= 4 is 6.03 Å². The van der Waals surface area contributed by atoms with Crippen LogP contribution in [0.25, 0.3) is 0 Å². The highest BCUT2D eigenvalue weighted by molar-refractivity contribution is 5.74. The number of carbonyl (C=O) groups is 1. The summed E-state index contributed by atoms with van der Waals surface area (Å²) < 4.78 is 0. The Morgan fingerprint density at radius 2 is 1.95 bits per heavy atom. The van der Waals surface area contributed by atoms with Gasteiger partial charge in [0.2, 0.25) is 0 Å². The Labute approximate surface area is 120 Å². The molecular weight excluding hydrogens is 252 g/mol. The second kappa shape index (κ2) is 7.56. The average Bonchev–Trinajstić information content (AvgIpc) is 2.35. The Hall–Kier alpha value is -1.99. The van der Waals surface area contributed by atoms with E-state index < -0.39 is 6.10 Å². The van der Waals surface area contributed by atoms with Gasteiger partial charge in [-0.1, -0.05) is 29.3 Å². The molecule has 0 aromatic heterocycles. The van der Waals surface area contributed by atoms with E-state index in [1.807, 2.05) is 39.0 Å². The Balaban J connectivity index is 2.49. The minimum atomic E-state index is -0.720. The van der Waals surface area contributed by atoms with Gasteiger partial charge in [-0.25, -0.2) is 4.79 Å². The molecule has 3 N–H and O–H groups in total. The number of aliphatic hydroxyl groups is 1. The lowest BCUT2D eigenvalue weighted by molar-refractivity contribution is 0.172. The van der Waals surface area contributed by atoms with E-state index in [2.05, 4.69) is 16.6 Å². The maximum atomic E-state index is 11.6. The summed E-state index contributed by atoms with van der Waals surface area (Å²) in [7, 11) is 0. The van der Waals surface area contributed by atoms with Crippen LogP contribution in [0.1, 0.15) is 36.1 Å². The minimum absolute atomic E-state index is 0.0849. The van der Waals surface area contributed by atoms with Crippen LogP contribution in [0.2, 0.25) is 0 Å². The third kappa shape index (κ3) is 5.33. The third-order valence-corrected chi connectivity index (χ3v) is 2.89. The highest BCUT2D eigenvalue weighted by Crippen LogP contribution is 2.16. The van der Waals surface area contributed by atoms with Gasteiger partial charge in [-0.15, -0.1) is 12.3 Å². The van der Waals surface area contributed by atoms with Gasteiger partial charge >= 0.3 is 6.03 Å². The monoisotopic (exact) mass is 274 g/mol. The highest BCUT2D eigenvalue weighted by atomic mass is 16.3. The number of aliphatic hydroxyl groups excluding tert-OH is 1. The first-order valence-electron chi connectivity index (χ1n) is 6.66. The zero-order chi connectivity index (χ0) is 15.1. The third-order valence-electron chi connectivity index (χ3n) is 2.89. The molecule has 4 heteroatoms. The molecule has 0 spiro atoms. The van der Waals surface area contributed by atoms with Crippen molar-refractivity contribution in [3.63, 3.8) is 0 Å². The topological polar surface area (TPSA) is 61.4 Å². The van der Waals surface area contributed by atoms with Crippen molar-refractivity contribution in [2.45, 2.75) is 39.3 Å².